The number of benzene rings is 1. The van der Waals surface area contributed by atoms with E-state index in [1.165, 1.54) is 49.8 Å². The average molecular weight is 367 g/mol. The van der Waals surface area contributed by atoms with E-state index in [0.717, 1.165) is 37.8 Å². The fraction of sp³-hybridized carbons (Fsp3) is 0.545. The number of carbonyl (C=O) groups is 1. The number of aromatic nitrogens is 2. The van der Waals surface area contributed by atoms with Crippen LogP contribution in [0.3, 0.4) is 0 Å². The Balaban J connectivity index is 1.34. The predicted octanol–water partition coefficient (Wildman–Crippen LogP) is 4.22. The molecule has 1 aromatic heterocycles. The minimum Gasteiger partial charge on any atom is -0.478 e. The first-order valence-corrected chi connectivity index (χ1v) is 10.3. The lowest BCUT2D eigenvalue weighted by Crippen LogP contribution is -2.34. The van der Waals surface area contributed by atoms with Crippen LogP contribution in [0.2, 0.25) is 0 Å². The van der Waals surface area contributed by atoms with Gasteiger partial charge >= 0.3 is 5.97 Å². The van der Waals surface area contributed by atoms with Crippen LogP contribution in [0.15, 0.2) is 30.5 Å². The molecule has 1 atom stereocenters. The van der Waals surface area contributed by atoms with Crippen LogP contribution in [0, 0.1) is 5.92 Å². The Kier molecular flexibility index (Phi) is 5.58. The van der Waals surface area contributed by atoms with Crippen molar-refractivity contribution in [2.75, 3.05) is 13.1 Å². The molecule has 4 rings (SSSR count). The zero-order chi connectivity index (χ0) is 18.6. The number of nitrogens with one attached hydrogen (secondary N) is 1. The second-order valence-corrected chi connectivity index (χ2v) is 8.21. The zero-order valence-electron chi connectivity index (χ0n) is 15.9. The van der Waals surface area contributed by atoms with E-state index in [4.69, 9.17) is 5.11 Å². The van der Waals surface area contributed by atoms with Gasteiger partial charge in [0.1, 0.15) is 5.82 Å². The molecule has 1 aliphatic heterocycles. The molecule has 0 amide bonds. The minimum absolute atomic E-state index is 0.360. The molecule has 1 aliphatic carbocycles. The molecule has 144 valence electrons. The summed E-state index contributed by atoms with van der Waals surface area (Å²) in [7, 11) is 0. The molecule has 1 saturated heterocycles. The molecule has 2 aliphatic rings. The summed E-state index contributed by atoms with van der Waals surface area (Å²) in [6, 6.07) is 7.41. The van der Waals surface area contributed by atoms with Crippen molar-refractivity contribution in [3.05, 3.63) is 53.1 Å². The number of likely N-dealkylation sites (tertiary alicyclic amines) is 1. The molecule has 1 saturated carbocycles. The van der Waals surface area contributed by atoms with Crippen molar-refractivity contribution in [1.82, 2.24) is 14.9 Å². The van der Waals surface area contributed by atoms with E-state index in [0.29, 0.717) is 11.5 Å². The molecule has 1 aromatic carbocycles. The molecule has 2 heterocycles. The number of imidazole rings is 1. The van der Waals surface area contributed by atoms with E-state index in [1.54, 1.807) is 12.1 Å². The number of aromatic carboxylic acids is 1. The third kappa shape index (κ3) is 4.59. The van der Waals surface area contributed by atoms with E-state index >= 15 is 0 Å². The van der Waals surface area contributed by atoms with E-state index in [2.05, 4.69) is 14.9 Å². The summed E-state index contributed by atoms with van der Waals surface area (Å²) in [4.78, 5) is 21.7. The first-order valence-electron chi connectivity index (χ1n) is 10.3. The molecule has 2 fully saturated rings. The van der Waals surface area contributed by atoms with Crippen molar-refractivity contribution in [3.63, 3.8) is 0 Å². The number of H-pyrrole nitrogens is 1. The Morgan fingerprint density at radius 3 is 2.67 bits per heavy atom. The molecule has 2 N–H and O–H groups in total. The van der Waals surface area contributed by atoms with Gasteiger partial charge in [0.25, 0.3) is 0 Å². The SMILES string of the molecule is O=C(O)c1ccc([C@H]2CCCN(Cc3cnc(CC4CCCC4)[nH]3)C2)cc1. The largest absolute Gasteiger partial charge is 0.478 e. The summed E-state index contributed by atoms with van der Waals surface area (Å²) in [5, 5.41) is 9.07. The second kappa shape index (κ2) is 8.26. The smallest absolute Gasteiger partial charge is 0.335 e. The molecular weight excluding hydrogens is 338 g/mol. The van der Waals surface area contributed by atoms with Gasteiger partial charge in [0.05, 0.1) is 5.56 Å². The van der Waals surface area contributed by atoms with E-state index in [-0.39, 0.29) is 0 Å². The van der Waals surface area contributed by atoms with Crippen molar-refractivity contribution in [3.8, 4) is 0 Å². The summed E-state index contributed by atoms with van der Waals surface area (Å²) >= 11 is 0. The van der Waals surface area contributed by atoms with Gasteiger partial charge in [-0.1, -0.05) is 37.8 Å². The Bertz CT molecular complexity index is 762. The fourth-order valence-electron chi connectivity index (χ4n) is 4.69. The van der Waals surface area contributed by atoms with Gasteiger partial charge in [-0.15, -0.1) is 0 Å². The van der Waals surface area contributed by atoms with Gasteiger partial charge in [0.15, 0.2) is 0 Å². The van der Waals surface area contributed by atoms with Crippen LogP contribution in [-0.4, -0.2) is 39.0 Å². The van der Waals surface area contributed by atoms with Gasteiger partial charge < -0.3 is 10.1 Å². The first kappa shape index (κ1) is 18.2. The molecule has 2 aromatic rings. The van der Waals surface area contributed by atoms with Crippen LogP contribution in [0.25, 0.3) is 0 Å². The van der Waals surface area contributed by atoms with Crippen LogP contribution in [0.5, 0.6) is 0 Å². The van der Waals surface area contributed by atoms with Gasteiger partial charge in [-0.2, -0.15) is 0 Å². The number of hydrogen-bond donors (Lipinski definition) is 2. The normalized spacial score (nSPS) is 21.6. The standard InChI is InChI=1S/C22H29N3O2/c26-22(27)18-9-7-17(8-10-18)19-6-3-11-25(14-19)15-20-13-23-21(24-20)12-16-4-1-2-5-16/h7-10,13,16,19H,1-6,11-12,14-15H2,(H,23,24)(H,26,27)/t19-/m0/s1. The Morgan fingerprint density at radius 1 is 1.15 bits per heavy atom. The summed E-state index contributed by atoms with van der Waals surface area (Å²) < 4.78 is 0. The quantitative estimate of drug-likeness (QED) is 0.802. The Hall–Kier alpha value is -2.14. The number of carboxylic acids is 1. The summed E-state index contributed by atoms with van der Waals surface area (Å²) in [5.41, 5.74) is 2.82. The molecule has 0 unspecified atom stereocenters. The van der Waals surface area contributed by atoms with E-state index in [1.807, 2.05) is 18.3 Å². The zero-order valence-corrected chi connectivity index (χ0v) is 15.9. The van der Waals surface area contributed by atoms with Gasteiger partial charge in [0, 0.05) is 31.4 Å². The van der Waals surface area contributed by atoms with Crippen molar-refractivity contribution < 1.29 is 9.90 Å². The van der Waals surface area contributed by atoms with Crippen molar-refractivity contribution in [2.24, 2.45) is 5.92 Å². The van der Waals surface area contributed by atoms with Crippen molar-refractivity contribution in [2.45, 2.75) is 57.4 Å². The van der Waals surface area contributed by atoms with Gasteiger partial charge in [-0.3, -0.25) is 4.90 Å². The number of hydrogen-bond acceptors (Lipinski definition) is 3. The number of nitrogens with zero attached hydrogens (tertiary/aromatic N) is 2. The van der Waals surface area contributed by atoms with E-state index in [9.17, 15) is 4.79 Å². The first-order chi connectivity index (χ1) is 13.2. The third-order valence-electron chi connectivity index (χ3n) is 6.17. The molecule has 5 nitrogen and oxygen atoms in total. The maximum absolute atomic E-state index is 11.0. The predicted molar refractivity (Wildman–Crippen MR) is 105 cm³/mol. The highest BCUT2D eigenvalue weighted by Gasteiger charge is 2.22. The van der Waals surface area contributed by atoms with Gasteiger partial charge in [0.2, 0.25) is 0 Å². The number of carboxylic acid groups (broad SMARTS) is 1. The second-order valence-electron chi connectivity index (χ2n) is 8.21. The maximum Gasteiger partial charge on any atom is 0.335 e. The number of piperidine rings is 1. The Labute approximate surface area is 160 Å². The van der Waals surface area contributed by atoms with Crippen LogP contribution in [0.1, 0.15) is 71.9 Å². The molecule has 0 radical (unpaired) electrons. The highest BCUT2D eigenvalue weighted by molar-refractivity contribution is 5.87. The third-order valence-corrected chi connectivity index (χ3v) is 6.17. The lowest BCUT2D eigenvalue weighted by molar-refractivity contribution is 0.0697. The van der Waals surface area contributed by atoms with E-state index < -0.39 is 5.97 Å². The monoisotopic (exact) mass is 367 g/mol. The molecular formula is C22H29N3O2. The minimum atomic E-state index is -0.862. The highest BCUT2D eigenvalue weighted by atomic mass is 16.4. The topological polar surface area (TPSA) is 69.2 Å². The highest BCUT2D eigenvalue weighted by Crippen LogP contribution is 2.29. The van der Waals surface area contributed by atoms with Crippen LogP contribution >= 0.6 is 0 Å². The van der Waals surface area contributed by atoms with Crippen LogP contribution in [-0.2, 0) is 13.0 Å². The van der Waals surface area contributed by atoms with Crippen molar-refractivity contribution >= 4 is 5.97 Å². The lowest BCUT2D eigenvalue weighted by atomic mass is 9.90. The summed E-state index contributed by atoms with van der Waals surface area (Å²) in [6.07, 6.45) is 10.9. The molecule has 0 bridgehead atoms. The number of rotatable bonds is 6. The summed E-state index contributed by atoms with van der Waals surface area (Å²) in [5.74, 6) is 1.58. The molecule has 0 spiro atoms. The van der Waals surface area contributed by atoms with Gasteiger partial charge in [-0.05, 0) is 48.9 Å². The average Bonchev–Trinajstić information content (AvgIpc) is 3.35. The van der Waals surface area contributed by atoms with Crippen LogP contribution < -0.4 is 0 Å². The molecule has 27 heavy (non-hydrogen) atoms. The van der Waals surface area contributed by atoms with Crippen LogP contribution in [0.4, 0.5) is 0 Å². The fourth-order valence-corrected chi connectivity index (χ4v) is 4.69. The lowest BCUT2D eigenvalue weighted by Gasteiger charge is -2.32. The maximum atomic E-state index is 11.0. The number of aromatic amines is 1. The molecule has 5 heteroatoms. The van der Waals surface area contributed by atoms with Gasteiger partial charge in [-0.25, -0.2) is 9.78 Å². The summed E-state index contributed by atoms with van der Waals surface area (Å²) in [6.45, 7) is 3.05. The van der Waals surface area contributed by atoms with Crippen molar-refractivity contribution in [1.29, 1.82) is 0 Å². The Morgan fingerprint density at radius 2 is 1.93 bits per heavy atom.